The Bertz CT molecular complexity index is 457. The van der Waals surface area contributed by atoms with Gasteiger partial charge in [0.15, 0.2) is 0 Å². The third kappa shape index (κ3) is 3.29. The Morgan fingerprint density at radius 2 is 1.95 bits per heavy atom. The maximum absolute atomic E-state index is 12.6. The van der Waals surface area contributed by atoms with Gasteiger partial charge in [-0.15, -0.1) is 0 Å². The summed E-state index contributed by atoms with van der Waals surface area (Å²) in [5.74, 6) is -0.279. The molecular formula is C14H18F2N2O. The van der Waals surface area contributed by atoms with E-state index < -0.39 is 12.0 Å². The topological polar surface area (TPSA) is 55.1 Å². The van der Waals surface area contributed by atoms with E-state index in [9.17, 15) is 13.6 Å². The summed E-state index contributed by atoms with van der Waals surface area (Å²) in [7, 11) is 0. The maximum Gasteiger partial charge on any atom is 0.263 e. The van der Waals surface area contributed by atoms with Crippen LogP contribution in [0.3, 0.4) is 0 Å². The van der Waals surface area contributed by atoms with E-state index in [2.05, 4.69) is 5.32 Å². The minimum Gasteiger partial charge on any atom is -0.324 e. The zero-order valence-corrected chi connectivity index (χ0v) is 10.7. The number of nitrogens with one attached hydrogen (secondary N) is 1. The molecule has 0 spiro atoms. The van der Waals surface area contributed by atoms with Gasteiger partial charge in [-0.1, -0.05) is 31.4 Å². The van der Waals surface area contributed by atoms with Gasteiger partial charge in [-0.2, -0.15) is 0 Å². The quantitative estimate of drug-likeness (QED) is 0.884. The maximum atomic E-state index is 12.6. The van der Waals surface area contributed by atoms with Gasteiger partial charge in [0.2, 0.25) is 5.91 Å². The van der Waals surface area contributed by atoms with Gasteiger partial charge in [-0.3, -0.25) is 4.79 Å². The summed E-state index contributed by atoms with van der Waals surface area (Å²) in [5.41, 5.74) is 5.50. The van der Waals surface area contributed by atoms with E-state index in [1.54, 1.807) is 6.07 Å². The van der Waals surface area contributed by atoms with Gasteiger partial charge >= 0.3 is 0 Å². The molecule has 1 saturated carbocycles. The number of nitrogens with two attached hydrogens (primary N) is 1. The number of hydrogen-bond acceptors (Lipinski definition) is 2. The highest BCUT2D eigenvalue weighted by atomic mass is 19.3. The van der Waals surface area contributed by atoms with Crippen molar-refractivity contribution < 1.29 is 13.6 Å². The summed E-state index contributed by atoms with van der Waals surface area (Å²) < 4.78 is 25.2. The molecule has 3 N–H and O–H groups in total. The Kier molecular flexibility index (Phi) is 4.14. The van der Waals surface area contributed by atoms with Crippen molar-refractivity contribution in [3.8, 4) is 0 Å². The summed E-state index contributed by atoms with van der Waals surface area (Å²) in [6.45, 7) is 0. The molecule has 0 bridgehead atoms. The lowest BCUT2D eigenvalue weighted by atomic mass is 9.82. The van der Waals surface area contributed by atoms with Gasteiger partial charge in [0.25, 0.3) is 6.43 Å². The molecule has 0 heterocycles. The second kappa shape index (κ2) is 5.65. The van der Waals surface area contributed by atoms with E-state index in [1.807, 2.05) is 0 Å². The highest BCUT2D eigenvalue weighted by Gasteiger charge is 2.35. The molecule has 1 aromatic carbocycles. The molecule has 1 aliphatic carbocycles. The molecule has 0 radical (unpaired) electrons. The second-order valence-electron chi connectivity index (χ2n) is 5.10. The summed E-state index contributed by atoms with van der Waals surface area (Å²) in [4.78, 5) is 12.1. The number of benzene rings is 1. The molecule has 104 valence electrons. The number of carbonyl (C=O) groups excluding carboxylic acids is 1. The minimum absolute atomic E-state index is 0.104. The summed E-state index contributed by atoms with van der Waals surface area (Å²) >= 11 is 0. The number of rotatable bonds is 3. The highest BCUT2D eigenvalue weighted by molar-refractivity contribution is 5.98. The fraction of sp³-hybridized carbons (Fsp3) is 0.500. The Morgan fingerprint density at radius 1 is 1.26 bits per heavy atom. The molecular weight excluding hydrogens is 250 g/mol. The van der Waals surface area contributed by atoms with Crippen molar-refractivity contribution in [2.24, 2.45) is 5.73 Å². The van der Waals surface area contributed by atoms with Crippen LogP contribution in [0.4, 0.5) is 14.5 Å². The van der Waals surface area contributed by atoms with Crippen molar-refractivity contribution >= 4 is 11.6 Å². The van der Waals surface area contributed by atoms with E-state index in [0.717, 1.165) is 19.3 Å². The zero-order chi connectivity index (χ0) is 13.9. The van der Waals surface area contributed by atoms with Gasteiger partial charge in [0, 0.05) is 11.3 Å². The first-order valence-corrected chi connectivity index (χ1v) is 6.50. The lowest BCUT2D eigenvalue weighted by molar-refractivity contribution is -0.122. The highest BCUT2D eigenvalue weighted by Crippen LogP contribution is 2.28. The summed E-state index contributed by atoms with van der Waals surface area (Å²) in [6, 6.07) is 5.71. The van der Waals surface area contributed by atoms with Crippen LogP contribution in [0.15, 0.2) is 24.3 Å². The van der Waals surface area contributed by atoms with Gasteiger partial charge in [0.05, 0.1) is 5.54 Å². The SMILES string of the molecule is NC1(C(=O)Nc2cccc(C(F)F)c2)CCCCC1. The van der Waals surface area contributed by atoms with Crippen LogP contribution in [0, 0.1) is 0 Å². The van der Waals surface area contributed by atoms with Crippen molar-refractivity contribution in [2.45, 2.75) is 44.1 Å². The van der Waals surface area contributed by atoms with Crippen molar-refractivity contribution in [3.05, 3.63) is 29.8 Å². The van der Waals surface area contributed by atoms with Crippen LogP contribution in [0.25, 0.3) is 0 Å². The number of anilines is 1. The van der Waals surface area contributed by atoms with Gasteiger partial charge in [0.1, 0.15) is 0 Å². The molecule has 0 aliphatic heterocycles. The standard InChI is InChI=1S/C14H18F2N2O/c15-12(16)10-5-4-6-11(9-10)18-13(19)14(17)7-2-1-3-8-14/h4-6,9,12H,1-3,7-8,17H2,(H,18,19). The van der Waals surface area contributed by atoms with Crippen LogP contribution >= 0.6 is 0 Å². The monoisotopic (exact) mass is 268 g/mol. The Morgan fingerprint density at radius 3 is 2.58 bits per heavy atom. The molecule has 19 heavy (non-hydrogen) atoms. The smallest absolute Gasteiger partial charge is 0.263 e. The third-order valence-corrected chi connectivity index (χ3v) is 3.59. The fourth-order valence-electron chi connectivity index (χ4n) is 2.42. The third-order valence-electron chi connectivity index (χ3n) is 3.59. The summed E-state index contributed by atoms with van der Waals surface area (Å²) in [6.07, 6.45) is 1.70. The largest absolute Gasteiger partial charge is 0.324 e. The average molecular weight is 268 g/mol. The molecule has 1 amide bonds. The number of carbonyl (C=O) groups is 1. The predicted octanol–water partition coefficient (Wildman–Crippen LogP) is 3.22. The molecule has 3 nitrogen and oxygen atoms in total. The fourth-order valence-corrected chi connectivity index (χ4v) is 2.42. The first-order valence-electron chi connectivity index (χ1n) is 6.50. The van der Waals surface area contributed by atoms with E-state index in [4.69, 9.17) is 5.73 Å². The van der Waals surface area contributed by atoms with Crippen molar-refractivity contribution in [3.63, 3.8) is 0 Å². The Balaban J connectivity index is 2.08. The summed E-state index contributed by atoms with van der Waals surface area (Å²) in [5, 5.41) is 2.65. The first-order chi connectivity index (χ1) is 9.01. The molecule has 1 fully saturated rings. The number of alkyl halides is 2. The molecule has 1 aliphatic rings. The molecule has 1 aromatic rings. The number of amides is 1. The van der Waals surface area contributed by atoms with Crippen LogP contribution in [0.2, 0.25) is 0 Å². The van der Waals surface area contributed by atoms with Crippen molar-refractivity contribution in [2.75, 3.05) is 5.32 Å². The van der Waals surface area contributed by atoms with E-state index in [1.165, 1.54) is 18.2 Å². The van der Waals surface area contributed by atoms with Crippen LogP contribution in [0.1, 0.15) is 44.1 Å². The normalized spacial score (nSPS) is 18.3. The lowest BCUT2D eigenvalue weighted by Crippen LogP contribution is -2.52. The van der Waals surface area contributed by atoms with Gasteiger partial charge in [-0.05, 0) is 25.0 Å². The average Bonchev–Trinajstić information content (AvgIpc) is 2.40. The molecule has 0 unspecified atom stereocenters. The van der Waals surface area contributed by atoms with Crippen LogP contribution in [-0.4, -0.2) is 11.4 Å². The number of halogens is 2. The van der Waals surface area contributed by atoms with E-state index in [-0.39, 0.29) is 11.5 Å². The molecule has 0 atom stereocenters. The molecule has 0 aromatic heterocycles. The van der Waals surface area contributed by atoms with Crippen LogP contribution in [0.5, 0.6) is 0 Å². The van der Waals surface area contributed by atoms with Crippen molar-refractivity contribution in [1.29, 1.82) is 0 Å². The first kappa shape index (κ1) is 13.9. The molecule has 2 rings (SSSR count). The Labute approximate surface area is 111 Å². The molecule has 0 saturated heterocycles. The molecule has 5 heteroatoms. The van der Waals surface area contributed by atoms with E-state index >= 15 is 0 Å². The predicted molar refractivity (Wildman–Crippen MR) is 70.0 cm³/mol. The zero-order valence-electron chi connectivity index (χ0n) is 10.7. The minimum atomic E-state index is -2.54. The Hall–Kier alpha value is -1.49. The number of hydrogen-bond donors (Lipinski definition) is 2. The second-order valence-corrected chi connectivity index (χ2v) is 5.10. The van der Waals surface area contributed by atoms with Crippen molar-refractivity contribution in [1.82, 2.24) is 0 Å². The van der Waals surface area contributed by atoms with Crippen LogP contribution < -0.4 is 11.1 Å². The van der Waals surface area contributed by atoms with E-state index in [0.29, 0.717) is 18.5 Å². The van der Waals surface area contributed by atoms with Gasteiger partial charge in [-0.25, -0.2) is 8.78 Å². The van der Waals surface area contributed by atoms with Gasteiger partial charge < -0.3 is 11.1 Å². The van der Waals surface area contributed by atoms with Crippen LogP contribution in [-0.2, 0) is 4.79 Å². The lowest BCUT2D eigenvalue weighted by Gasteiger charge is -2.31.